The van der Waals surface area contributed by atoms with Gasteiger partial charge in [-0.25, -0.2) is 0 Å². The maximum absolute atomic E-state index is 13.5. The Bertz CT molecular complexity index is 1110. The normalized spacial score (nSPS) is 16.6. The molecule has 0 radical (unpaired) electrons. The fourth-order valence-electron chi connectivity index (χ4n) is 4.30. The van der Waals surface area contributed by atoms with Crippen LogP contribution in [0.1, 0.15) is 56.5 Å². The molecular weight excluding hydrogens is 538 g/mol. The smallest absolute Gasteiger partial charge is 0.323 e. The number of rotatable bonds is 10. The van der Waals surface area contributed by atoms with E-state index in [4.69, 9.17) is 15.9 Å². The monoisotopic (exact) mass is 581 g/mol. The highest BCUT2D eigenvalue weighted by molar-refractivity contribution is 6.03. The van der Waals surface area contributed by atoms with Gasteiger partial charge in [0.15, 0.2) is 0 Å². The summed E-state index contributed by atoms with van der Waals surface area (Å²) in [5.74, 6) is -4.56. The average molecular weight is 582 g/mol. The number of nitrogens with two attached hydrogens (primary N) is 1. The van der Waals surface area contributed by atoms with Gasteiger partial charge in [-0.05, 0) is 51.2 Å². The summed E-state index contributed by atoms with van der Waals surface area (Å²) in [5, 5.41) is 41.8. The third kappa shape index (κ3) is 9.32. The predicted molar refractivity (Wildman–Crippen MR) is 150 cm³/mol. The van der Waals surface area contributed by atoms with Gasteiger partial charge in [0.1, 0.15) is 30.4 Å². The number of likely N-dealkylation sites (tertiary alicyclic amines) is 1. The molecule has 1 fully saturated rings. The number of aromatic hydroxyl groups is 1. The molecule has 1 saturated heterocycles. The van der Waals surface area contributed by atoms with E-state index in [1.165, 1.54) is 31.0 Å². The summed E-state index contributed by atoms with van der Waals surface area (Å²) in [6.45, 7) is 7.95. The van der Waals surface area contributed by atoms with Crippen molar-refractivity contribution in [2.75, 3.05) is 32.5 Å². The van der Waals surface area contributed by atoms with Gasteiger partial charge in [-0.2, -0.15) is 0 Å². The number of carbonyl (C=O) groups excluding carboxylic acids is 4. The van der Waals surface area contributed by atoms with Crippen molar-refractivity contribution in [3.05, 3.63) is 23.3 Å². The summed E-state index contributed by atoms with van der Waals surface area (Å²) >= 11 is 0. The number of nitrogens with one attached hydrogen (secondary N) is 2. The number of benzene rings is 1. The van der Waals surface area contributed by atoms with Crippen molar-refractivity contribution < 1.29 is 44.4 Å². The summed E-state index contributed by atoms with van der Waals surface area (Å²) < 4.78 is 0. The molecule has 0 aromatic heterocycles. The first-order valence-electron chi connectivity index (χ1n) is 13.3. The lowest BCUT2D eigenvalue weighted by molar-refractivity contribution is -0.149. The van der Waals surface area contributed by atoms with Gasteiger partial charge in [-0.15, -0.1) is 0 Å². The van der Waals surface area contributed by atoms with Gasteiger partial charge in [-0.3, -0.25) is 24.0 Å². The lowest BCUT2D eigenvalue weighted by Crippen LogP contribution is -2.60. The number of amides is 4. The maximum Gasteiger partial charge on any atom is 0.323 e. The SMILES string of the molecule is CCO.Cc1ccc(C(=O)NC(C(=O)NC(C(=O)N2CCCC2C(=O)N(C)CC(=O)O)C(C)C)C(C)O)c(N)c1O. The van der Waals surface area contributed by atoms with Crippen LogP contribution in [0.25, 0.3) is 0 Å². The van der Waals surface area contributed by atoms with Crippen molar-refractivity contribution in [2.24, 2.45) is 5.92 Å². The van der Waals surface area contributed by atoms with E-state index in [0.29, 0.717) is 18.4 Å². The highest BCUT2D eigenvalue weighted by Gasteiger charge is 2.41. The van der Waals surface area contributed by atoms with E-state index in [0.717, 1.165) is 4.90 Å². The number of anilines is 1. The van der Waals surface area contributed by atoms with Gasteiger partial charge in [-0.1, -0.05) is 19.9 Å². The number of carboxylic acid groups (broad SMARTS) is 1. The number of hydrogen-bond acceptors (Lipinski definition) is 9. The van der Waals surface area contributed by atoms with Crippen LogP contribution in [0.2, 0.25) is 0 Å². The quantitative estimate of drug-likeness (QED) is 0.138. The Labute approximate surface area is 239 Å². The van der Waals surface area contributed by atoms with Crippen molar-refractivity contribution in [1.29, 1.82) is 0 Å². The average Bonchev–Trinajstić information content (AvgIpc) is 3.37. The number of aliphatic hydroxyl groups is 2. The first kappa shape index (κ1) is 35.1. The van der Waals surface area contributed by atoms with Gasteiger partial charge < -0.3 is 46.6 Å². The van der Waals surface area contributed by atoms with Crippen LogP contribution >= 0.6 is 0 Å². The van der Waals surface area contributed by atoms with Crippen LogP contribution in [0, 0.1) is 12.8 Å². The third-order valence-electron chi connectivity index (χ3n) is 6.51. The number of nitrogen functional groups attached to an aromatic ring is 1. The lowest BCUT2D eigenvalue weighted by atomic mass is 10.0. The van der Waals surface area contributed by atoms with Crippen molar-refractivity contribution >= 4 is 35.3 Å². The molecular formula is C27H43N5O9. The van der Waals surface area contributed by atoms with Crippen molar-refractivity contribution in [3.8, 4) is 5.75 Å². The number of likely N-dealkylation sites (N-methyl/N-ethyl adjacent to an activating group) is 1. The van der Waals surface area contributed by atoms with E-state index in [1.54, 1.807) is 27.7 Å². The number of phenols is 1. The Balaban J connectivity index is 0.00000268. The van der Waals surface area contributed by atoms with Crippen LogP contribution in [0.5, 0.6) is 5.75 Å². The van der Waals surface area contributed by atoms with Crippen molar-refractivity contribution in [1.82, 2.24) is 20.4 Å². The molecule has 2 rings (SSSR count). The van der Waals surface area contributed by atoms with Gasteiger partial charge in [0.25, 0.3) is 5.91 Å². The number of hydrogen-bond donors (Lipinski definition) is 7. The zero-order valence-electron chi connectivity index (χ0n) is 24.4. The second kappa shape index (κ2) is 15.8. The van der Waals surface area contributed by atoms with Gasteiger partial charge in [0.05, 0.1) is 17.4 Å². The first-order chi connectivity index (χ1) is 19.1. The maximum atomic E-state index is 13.5. The van der Waals surface area contributed by atoms with Crippen LogP contribution in [0.3, 0.4) is 0 Å². The molecule has 1 aliphatic rings. The molecule has 4 amide bonds. The third-order valence-corrected chi connectivity index (χ3v) is 6.51. The lowest BCUT2D eigenvalue weighted by Gasteiger charge is -2.33. The molecule has 8 N–H and O–H groups in total. The molecule has 1 aromatic carbocycles. The zero-order chi connectivity index (χ0) is 31.6. The molecule has 4 unspecified atom stereocenters. The topological polar surface area (TPSA) is 223 Å². The highest BCUT2D eigenvalue weighted by atomic mass is 16.4. The molecule has 1 aromatic rings. The number of aliphatic carboxylic acids is 1. The van der Waals surface area contributed by atoms with E-state index in [1.807, 2.05) is 0 Å². The van der Waals surface area contributed by atoms with E-state index < -0.39 is 66.3 Å². The summed E-state index contributed by atoms with van der Waals surface area (Å²) in [6, 6.07) is -0.560. The molecule has 1 heterocycles. The number of carbonyl (C=O) groups is 5. The fraction of sp³-hybridized carbons (Fsp3) is 0.593. The molecule has 0 aliphatic carbocycles. The Morgan fingerprint density at radius 3 is 2.22 bits per heavy atom. The Morgan fingerprint density at radius 1 is 1.12 bits per heavy atom. The molecule has 14 heteroatoms. The fourth-order valence-corrected chi connectivity index (χ4v) is 4.30. The molecule has 41 heavy (non-hydrogen) atoms. The van der Waals surface area contributed by atoms with E-state index >= 15 is 0 Å². The van der Waals surface area contributed by atoms with E-state index in [-0.39, 0.29) is 30.2 Å². The summed E-state index contributed by atoms with van der Waals surface area (Å²) in [4.78, 5) is 65.6. The van der Waals surface area contributed by atoms with Crippen LogP contribution in [-0.4, -0.2) is 111 Å². The Kier molecular flexibility index (Phi) is 13.5. The van der Waals surface area contributed by atoms with Crippen LogP contribution < -0.4 is 16.4 Å². The van der Waals surface area contributed by atoms with Crippen LogP contribution in [0.4, 0.5) is 5.69 Å². The van der Waals surface area contributed by atoms with Gasteiger partial charge in [0, 0.05) is 20.2 Å². The predicted octanol–water partition coefficient (Wildman–Crippen LogP) is -0.565. The highest BCUT2D eigenvalue weighted by Crippen LogP contribution is 2.28. The second-order valence-electron chi connectivity index (χ2n) is 10.2. The molecule has 0 bridgehead atoms. The molecule has 230 valence electrons. The summed E-state index contributed by atoms with van der Waals surface area (Å²) in [6.07, 6.45) is -0.475. The van der Waals surface area contributed by atoms with Gasteiger partial charge >= 0.3 is 5.97 Å². The standard InChI is InChI=1S/C25H37N5O8.C2H6O/c1-12(2)19(25(38)30-10-6-7-16(30)24(37)29(5)11-17(32)33)27-23(36)20(14(4)31)28-22(35)15-9-8-13(3)21(34)18(15)26;1-2-3/h8-9,12,14,16,19-20,31,34H,6-7,10-11,26H2,1-5H3,(H,27,36)(H,28,35)(H,32,33);3H,2H2,1H3. The minimum absolute atomic E-state index is 0.0908. The molecule has 0 spiro atoms. The summed E-state index contributed by atoms with van der Waals surface area (Å²) in [7, 11) is 1.34. The number of carboxylic acids is 1. The largest absolute Gasteiger partial charge is 0.505 e. The van der Waals surface area contributed by atoms with Gasteiger partial charge in [0.2, 0.25) is 17.7 Å². The van der Waals surface area contributed by atoms with E-state index in [2.05, 4.69) is 10.6 Å². The summed E-state index contributed by atoms with van der Waals surface area (Å²) in [5.41, 5.74) is 6.02. The zero-order valence-corrected chi connectivity index (χ0v) is 24.4. The number of nitrogens with zero attached hydrogens (tertiary/aromatic N) is 2. The molecule has 14 nitrogen and oxygen atoms in total. The van der Waals surface area contributed by atoms with Crippen LogP contribution in [-0.2, 0) is 19.2 Å². The Morgan fingerprint density at radius 2 is 1.71 bits per heavy atom. The number of aliphatic hydroxyl groups excluding tert-OH is 2. The number of aryl methyl sites for hydroxylation is 1. The van der Waals surface area contributed by atoms with Crippen LogP contribution in [0.15, 0.2) is 12.1 Å². The first-order valence-corrected chi connectivity index (χ1v) is 13.3. The van der Waals surface area contributed by atoms with E-state index in [9.17, 15) is 34.2 Å². The second-order valence-corrected chi connectivity index (χ2v) is 10.2. The molecule has 1 aliphatic heterocycles. The minimum Gasteiger partial charge on any atom is -0.505 e. The minimum atomic E-state index is -1.46. The van der Waals surface area contributed by atoms with Crippen molar-refractivity contribution in [2.45, 2.75) is 71.7 Å². The molecule has 4 atom stereocenters. The molecule has 0 saturated carbocycles. The Hall–Kier alpha value is -3.91. The van der Waals surface area contributed by atoms with Crippen molar-refractivity contribution in [3.63, 3.8) is 0 Å². The number of phenolic OH excluding ortho intramolecular Hbond substituents is 1.